The van der Waals surface area contributed by atoms with E-state index in [2.05, 4.69) is 6.07 Å². The van der Waals surface area contributed by atoms with Crippen LogP contribution in [0.3, 0.4) is 0 Å². The normalized spacial score (nSPS) is 14.0. The van der Waals surface area contributed by atoms with Gasteiger partial charge in [-0.1, -0.05) is 18.2 Å². The zero-order chi connectivity index (χ0) is 16.8. The monoisotopic (exact) mass is 329 g/mol. The quantitative estimate of drug-likeness (QED) is 0.851. The molecule has 0 N–H and O–H groups in total. The number of anilines is 1. The van der Waals surface area contributed by atoms with Gasteiger partial charge in [-0.3, -0.25) is 4.79 Å². The average molecular weight is 329 g/mol. The molecule has 120 valence electrons. The lowest BCUT2D eigenvalue weighted by atomic mass is 10.1. The Morgan fingerprint density at radius 1 is 1.09 bits per heavy atom. The molecule has 3 rings (SSSR count). The van der Waals surface area contributed by atoms with E-state index in [0.717, 1.165) is 35.1 Å². The van der Waals surface area contributed by atoms with E-state index in [1.807, 2.05) is 26.0 Å². The molecule has 0 bridgehead atoms. The first-order chi connectivity index (χ1) is 10.8. The second-order valence-electron chi connectivity index (χ2n) is 6.09. The molecular weight excluding hydrogens is 310 g/mol. The summed E-state index contributed by atoms with van der Waals surface area (Å²) in [4.78, 5) is 14.9. The van der Waals surface area contributed by atoms with Crippen LogP contribution in [0.15, 0.2) is 41.3 Å². The van der Waals surface area contributed by atoms with E-state index < -0.39 is 9.84 Å². The summed E-state index contributed by atoms with van der Waals surface area (Å²) in [5.41, 5.74) is 4.41. The Kier molecular flexibility index (Phi) is 3.76. The smallest absolute Gasteiger partial charge is 0.258 e. The van der Waals surface area contributed by atoms with E-state index in [9.17, 15) is 13.2 Å². The molecule has 0 aromatic heterocycles. The molecule has 1 aliphatic rings. The van der Waals surface area contributed by atoms with Gasteiger partial charge in [0.05, 0.1) is 4.90 Å². The topological polar surface area (TPSA) is 54.5 Å². The first-order valence-electron chi connectivity index (χ1n) is 7.49. The first-order valence-corrected chi connectivity index (χ1v) is 9.38. The predicted molar refractivity (Wildman–Crippen MR) is 90.8 cm³/mol. The number of aryl methyl sites for hydroxylation is 2. The summed E-state index contributed by atoms with van der Waals surface area (Å²) in [5, 5.41) is 0. The minimum Gasteiger partial charge on any atom is -0.308 e. The maximum Gasteiger partial charge on any atom is 0.258 e. The largest absolute Gasteiger partial charge is 0.308 e. The lowest BCUT2D eigenvalue weighted by molar-refractivity contribution is 0.0988. The van der Waals surface area contributed by atoms with Crippen molar-refractivity contribution in [2.45, 2.75) is 25.2 Å². The van der Waals surface area contributed by atoms with Crippen molar-refractivity contribution in [3.8, 4) is 0 Å². The van der Waals surface area contributed by atoms with E-state index in [1.165, 1.54) is 6.07 Å². The number of rotatable bonds is 2. The highest BCUT2D eigenvalue weighted by atomic mass is 32.2. The van der Waals surface area contributed by atoms with Crippen LogP contribution in [0, 0.1) is 13.8 Å². The van der Waals surface area contributed by atoms with Gasteiger partial charge in [0, 0.05) is 24.1 Å². The molecule has 0 saturated heterocycles. The minimum absolute atomic E-state index is 0.141. The zero-order valence-electron chi connectivity index (χ0n) is 13.5. The van der Waals surface area contributed by atoms with Crippen molar-refractivity contribution in [1.29, 1.82) is 0 Å². The molecule has 0 radical (unpaired) electrons. The zero-order valence-corrected chi connectivity index (χ0v) is 14.3. The molecule has 1 aliphatic heterocycles. The Hall–Kier alpha value is -2.14. The number of carbonyl (C=O) groups is 1. The van der Waals surface area contributed by atoms with Crippen LogP contribution in [0.2, 0.25) is 0 Å². The molecular formula is C18H19NO3S. The van der Waals surface area contributed by atoms with Crippen LogP contribution < -0.4 is 4.90 Å². The minimum atomic E-state index is -3.34. The van der Waals surface area contributed by atoms with Crippen LogP contribution in [0.1, 0.15) is 27.0 Å². The Labute approximate surface area is 136 Å². The van der Waals surface area contributed by atoms with Gasteiger partial charge in [0.15, 0.2) is 9.84 Å². The van der Waals surface area contributed by atoms with Crippen molar-refractivity contribution < 1.29 is 13.2 Å². The lowest BCUT2D eigenvalue weighted by Crippen LogP contribution is -2.29. The van der Waals surface area contributed by atoms with Crippen molar-refractivity contribution in [3.05, 3.63) is 58.7 Å². The van der Waals surface area contributed by atoms with Crippen molar-refractivity contribution in [1.82, 2.24) is 0 Å². The third-order valence-corrected chi connectivity index (χ3v) is 5.36. The second kappa shape index (κ2) is 5.49. The molecule has 4 nitrogen and oxygen atoms in total. The van der Waals surface area contributed by atoms with Crippen LogP contribution in [-0.4, -0.2) is 27.1 Å². The van der Waals surface area contributed by atoms with Crippen LogP contribution in [-0.2, 0) is 16.3 Å². The third kappa shape index (κ3) is 2.88. The number of sulfone groups is 1. The summed E-state index contributed by atoms with van der Waals surface area (Å²) in [6, 6.07) is 10.8. The maximum absolute atomic E-state index is 13.0. The van der Waals surface area contributed by atoms with Crippen LogP contribution >= 0.6 is 0 Å². The fourth-order valence-corrected chi connectivity index (χ4v) is 3.55. The van der Waals surface area contributed by atoms with E-state index in [0.29, 0.717) is 12.1 Å². The van der Waals surface area contributed by atoms with Crippen LogP contribution in [0.4, 0.5) is 5.69 Å². The number of hydrogen-bond acceptors (Lipinski definition) is 3. The molecule has 1 heterocycles. The number of amides is 1. The summed E-state index contributed by atoms with van der Waals surface area (Å²) in [6.07, 6.45) is 1.98. The SMILES string of the molecule is Cc1ccc2c(c1)N(C(=O)c1cc(S(C)(=O)=O)ccc1C)CC2. The third-order valence-electron chi connectivity index (χ3n) is 4.25. The molecule has 23 heavy (non-hydrogen) atoms. The van der Waals surface area contributed by atoms with Crippen LogP contribution in [0.5, 0.6) is 0 Å². The summed E-state index contributed by atoms with van der Waals surface area (Å²) < 4.78 is 23.5. The van der Waals surface area contributed by atoms with Gasteiger partial charge in [0.25, 0.3) is 5.91 Å². The van der Waals surface area contributed by atoms with Crippen molar-refractivity contribution in [3.63, 3.8) is 0 Å². The Morgan fingerprint density at radius 3 is 2.52 bits per heavy atom. The van der Waals surface area contributed by atoms with Gasteiger partial charge in [-0.2, -0.15) is 0 Å². The van der Waals surface area contributed by atoms with Gasteiger partial charge < -0.3 is 4.90 Å². The molecule has 0 aliphatic carbocycles. The van der Waals surface area contributed by atoms with Crippen LogP contribution in [0.25, 0.3) is 0 Å². The van der Waals surface area contributed by atoms with Gasteiger partial charge in [-0.25, -0.2) is 8.42 Å². The van der Waals surface area contributed by atoms with Crippen molar-refractivity contribution in [2.24, 2.45) is 0 Å². The Bertz CT molecular complexity index is 900. The fourth-order valence-electron chi connectivity index (χ4n) is 2.91. The van der Waals surface area contributed by atoms with Gasteiger partial charge in [0.2, 0.25) is 0 Å². The summed E-state index contributed by atoms with van der Waals surface area (Å²) in [5.74, 6) is -0.141. The molecule has 0 atom stereocenters. The lowest BCUT2D eigenvalue weighted by Gasteiger charge is -2.19. The van der Waals surface area contributed by atoms with Gasteiger partial charge in [-0.05, 0) is 55.2 Å². The molecule has 2 aromatic rings. The average Bonchev–Trinajstić information content (AvgIpc) is 2.88. The van der Waals surface area contributed by atoms with E-state index >= 15 is 0 Å². The number of hydrogen-bond donors (Lipinski definition) is 0. The number of fused-ring (bicyclic) bond motifs is 1. The summed E-state index contributed by atoms with van der Waals surface area (Å²) in [6.45, 7) is 4.45. The second-order valence-corrected chi connectivity index (χ2v) is 8.10. The van der Waals surface area contributed by atoms with Gasteiger partial charge in [-0.15, -0.1) is 0 Å². The van der Waals surface area contributed by atoms with Crippen molar-refractivity contribution in [2.75, 3.05) is 17.7 Å². The number of benzene rings is 2. The molecule has 2 aromatic carbocycles. The highest BCUT2D eigenvalue weighted by molar-refractivity contribution is 7.90. The summed E-state index contributed by atoms with van der Waals surface area (Å²) in [7, 11) is -3.34. The summed E-state index contributed by atoms with van der Waals surface area (Å²) >= 11 is 0. The van der Waals surface area contributed by atoms with E-state index in [1.54, 1.807) is 17.0 Å². The van der Waals surface area contributed by atoms with Gasteiger partial charge >= 0.3 is 0 Å². The molecule has 5 heteroatoms. The fraction of sp³-hybridized carbons (Fsp3) is 0.278. The van der Waals surface area contributed by atoms with E-state index in [4.69, 9.17) is 0 Å². The highest BCUT2D eigenvalue weighted by Gasteiger charge is 2.27. The highest BCUT2D eigenvalue weighted by Crippen LogP contribution is 2.31. The number of carbonyl (C=O) groups excluding carboxylic acids is 1. The molecule has 0 unspecified atom stereocenters. The predicted octanol–water partition coefficient (Wildman–Crippen LogP) is 2.91. The molecule has 0 saturated carbocycles. The maximum atomic E-state index is 13.0. The van der Waals surface area contributed by atoms with Gasteiger partial charge in [0.1, 0.15) is 0 Å². The number of nitrogens with zero attached hydrogens (tertiary/aromatic N) is 1. The molecule has 0 spiro atoms. The van der Waals surface area contributed by atoms with Crippen molar-refractivity contribution >= 4 is 21.4 Å². The first kappa shape index (κ1) is 15.7. The molecule has 1 amide bonds. The standard InChI is InChI=1S/C18H19NO3S/c1-12-4-6-14-8-9-19(17(14)10-12)18(20)16-11-15(23(3,21)22)7-5-13(16)2/h4-7,10-11H,8-9H2,1-3H3. The Morgan fingerprint density at radius 2 is 1.83 bits per heavy atom. The molecule has 0 fully saturated rings. The van der Waals surface area contributed by atoms with E-state index in [-0.39, 0.29) is 10.8 Å². The Balaban J connectivity index is 2.05.